The van der Waals surface area contributed by atoms with Crippen LogP contribution >= 0.6 is 23.3 Å². The molecule has 1 atom stereocenters. The predicted octanol–water partition coefficient (Wildman–Crippen LogP) is 3.82. The van der Waals surface area contributed by atoms with Gasteiger partial charge in [0.25, 0.3) is 0 Å². The van der Waals surface area contributed by atoms with Crippen molar-refractivity contribution < 1.29 is 18.6 Å². The van der Waals surface area contributed by atoms with E-state index in [1.54, 1.807) is 6.92 Å². The van der Waals surface area contributed by atoms with Gasteiger partial charge >= 0.3 is 5.97 Å². The zero-order valence-electron chi connectivity index (χ0n) is 11.7. The van der Waals surface area contributed by atoms with Crippen molar-refractivity contribution in [2.24, 2.45) is 0 Å². The molecule has 0 rings (SSSR count). The number of esters is 1. The Bertz CT molecular complexity index is 299. The summed E-state index contributed by atoms with van der Waals surface area (Å²) < 4.78 is 22.7. The van der Waals surface area contributed by atoms with Gasteiger partial charge in [0.05, 0.1) is 19.6 Å². The highest BCUT2D eigenvalue weighted by molar-refractivity contribution is 9.10. The first-order valence-corrected chi connectivity index (χ1v) is 9.08. The fourth-order valence-corrected chi connectivity index (χ4v) is 4.29. The van der Waals surface area contributed by atoms with Crippen LogP contribution in [0.3, 0.4) is 0 Å². The lowest BCUT2D eigenvalue weighted by molar-refractivity contribution is -0.142. The van der Waals surface area contributed by atoms with E-state index in [1.165, 1.54) is 0 Å². The van der Waals surface area contributed by atoms with E-state index in [9.17, 15) is 9.36 Å². The Labute approximate surface area is 118 Å². The normalized spacial score (nSPS) is 15.2. The standard InChI is InChI=1S/C12H24BrO4P/c1-5-16-11(14)7-9-18(15,17-6-2)10-8-12(3,4)13/h5-10H2,1-4H3. The largest absolute Gasteiger partial charge is 0.466 e. The van der Waals surface area contributed by atoms with Crippen LogP contribution < -0.4 is 0 Å². The minimum atomic E-state index is -2.72. The summed E-state index contributed by atoms with van der Waals surface area (Å²) in [5.41, 5.74) is 0. The number of halogens is 1. The lowest BCUT2D eigenvalue weighted by Crippen LogP contribution is -2.15. The molecule has 6 heteroatoms. The molecule has 0 aliphatic carbocycles. The van der Waals surface area contributed by atoms with Crippen molar-refractivity contribution in [3.63, 3.8) is 0 Å². The third-order valence-electron chi connectivity index (χ3n) is 2.37. The van der Waals surface area contributed by atoms with Crippen LogP contribution in [0.1, 0.15) is 40.5 Å². The summed E-state index contributed by atoms with van der Waals surface area (Å²) in [5.74, 6) is -0.310. The topological polar surface area (TPSA) is 52.6 Å². The smallest absolute Gasteiger partial charge is 0.306 e. The molecular formula is C12H24BrO4P. The molecule has 1 unspecified atom stereocenters. The number of alkyl halides is 1. The maximum absolute atomic E-state index is 12.5. The minimum Gasteiger partial charge on any atom is -0.466 e. The Kier molecular flexibility index (Phi) is 8.40. The fraction of sp³-hybridized carbons (Fsp3) is 0.917. The van der Waals surface area contributed by atoms with Gasteiger partial charge in [-0.1, -0.05) is 29.8 Å². The molecule has 0 aromatic carbocycles. The van der Waals surface area contributed by atoms with Crippen LogP contribution in [0.2, 0.25) is 0 Å². The van der Waals surface area contributed by atoms with E-state index in [1.807, 2.05) is 20.8 Å². The van der Waals surface area contributed by atoms with E-state index in [-0.39, 0.29) is 22.9 Å². The summed E-state index contributed by atoms with van der Waals surface area (Å²) in [6, 6.07) is 0. The Morgan fingerprint density at radius 3 is 2.28 bits per heavy atom. The number of carbonyl (C=O) groups excluding carboxylic acids is 1. The summed E-state index contributed by atoms with van der Waals surface area (Å²) in [6.07, 6.45) is 1.65. The predicted molar refractivity (Wildman–Crippen MR) is 77.8 cm³/mol. The summed E-state index contributed by atoms with van der Waals surface area (Å²) in [5, 5.41) is 0. The van der Waals surface area contributed by atoms with Crippen molar-refractivity contribution in [3.05, 3.63) is 0 Å². The molecule has 4 nitrogen and oxygen atoms in total. The first-order chi connectivity index (χ1) is 8.22. The molecule has 0 radical (unpaired) electrons. The molecule has 0 fully saturated rings. The van der Waals surface area contributed by atoms with Gasteiger partial charge in [-0.2, -0.15) is 0 Å². The van der Waals surface area contributed by atoms with Crippen molar-refractivity contribution >= 4 is 29.3 Å². The van der Waals surface area contributed by atoms with Crippen LogP contribution in [0.25, 0.3) is 0 Å². The molecule has 0 bridgehead atoms. The van der Waals surface area contributed by atoms with Gasteiger partial charge in [0.15, 0.2) is 0 Å². The van der Waals surface area contributed by atoms with Gasteiger partial charge in [0, 0.05) is 16.6 Å². The molecule has 0 aromatic heterocycles. The zero-order valence-corrected chi connectivity index (χ0v) is 14.2. The van der Waals surface area contributed by atoms with E-state index in [4.69, 9.17) is 9.26 Å². The van der Waals surface area contributed by atoms with E-state index in [0.29, 0.717) is 19.4 Å². The molecule has 0 aromatic rings. The first-order valence-electron chi connectivity index (χ1n) is 6.29. The molecule has 0 saturated heterocycles. The van der Waals surface area contributed by atoms with E-state index >= 15 is 0 Å². The highest BCUT2D eigenvalue weighted by Gasteiger charge is 2.27. The monoisotopic (exact) mass is 342 g/mol. The van der Waals surface area contributed by atoms with Gasteiger partial charge < -0.3 is 9.26 Å². The third kappa shape index (κ3) is 9.12. The van der Waals surface area contributed by atoms with Crippen molar-refractivity contribution in [2.45, 2.75) is 44.9 Å². The van der Waals surface area contributed by atoms with E-state index < -0.39 is 7.37 Å². The molecule has 0 saturated carbocycles. The number of ether oxygens (including phenoxy) is 1. The number of rotatable bonds is 9. The lowest BCUT2D eigenvalue weighted by atomic mass is 10.2. The van der Waals surface area contributed by atoms with Crippen molar-refractivity contribution in [1.82, 2.24) is 0 Å². The van der Waals surface area contributed by atoms with Crippen LogP contribution in [0.5, 0.6) is 0 Å². The maximum atomic E-state index is 12.5. The SMILES string of the molecule is CCOC(=O)CCP(=O)(CCC(C)(C)Br)OCC. The van der Waals surface area contributed by atoms with Crippen LogP contribution in [-0.4, -0.2) is 35.8 Å². The number of carbonyl (C=O) groups is 1. The van der Waals surface area contributed by atoms with Gasteiger partial charge in [0.1, 0.15) is 0 Å². The average molecular weight is 343 g/mol. The minimum absolute atomic E-state index is 0.0658. The van der Waals surface area contributed by atoms with Crippen LogP contribution in [-0.2, 0) is 18.6 Å². The summed E-state index contributed by atoms with van der Waals surface area (Å²) in [7, 11) is -2.72. The van der Waals surface area contributed by atoms with Crippen LogP contribution in [0.4, 0.5) is 0 Å². The van der Waals surface area contributed by atoms with Crippen molar-refractivity contribution in [3.8, 4) is 0 Å². The van der Waals surface area contributed by atoms with Crippen LogP contribution in [0, 0.1) is 0 Å². The van der Waals surface area contributed by atoms with E-state index in [0.717, 1.165) is 6.42 Å². The van der Waals surface area contributed by atoms with Gasteiger partial charge in [-0.15, -0.1) is 0 Å². The molecule has 0 N–H and O–H groups in total. The number of hydrogen-bond acceptors (Lipinski definition) is 4. The molecule has 108 valence electrons. The Balaban J connectivity index is 4.34. The molecule has 18 heavy (non-hydrogen) atoms. The Hall–Kier alpha value is 0.140. The van der Waals surface area contributed by atoms with Crippen molar-refractivity contribution in [2.75, 3.05) is 25.5 Å². The maximum Gasteiger partial charge on any atom is 0.306 e. The second-order valence-corrected chi connectivity index (χ2v) is 9.63. The molecule has 0 amide bonds. The summed E-state index contributed by atoms with van der Waals surface area (Å²) >= 11 is 3.52. The first kappa shape index (κ1) is 18.1. The second kappa shape index (κ2) is 8.34. The molecule has 0 aliphatic heterocycles. The van der Waals surface area contributed by atoms with Gasteiger partial charge in [0.2, 0.25) is 7.37 Å². The third-order valence-corrected chi connectivity index (χ3v) is 5.31. The van der Waals surface area contributed by atoms with Crippen molar-refractivity contribution in [1.29, 1.82) is 0 Å². The zero-order chi connectivity index (χ0) is 14.2. The Morgan fingerprint density at radius 1 is 1.22 bits per heavy atom. The van der Waals surface area contributed by atoms with E-state index in [2.05, 4.69) is 15.9 Å². The lowest BCUT2D eigenvalue weighted by Gasteiger charge is -2.22. The molecule has 0 heterocycles. The average Bonchev–Trinajstić information content (AvgIpc) is 2.24. The summed E-state index contributed by atoms with van der Waals surface area (Å²) in [6.45, 7) is 8.38. The highest BCUT2D eigenvalue weighted by Crippen LogP contribution is 2.49. The molecule has 0 spiro atoms. The Morgan fingerprint density at radius 2 is 1.83 bits per heavy atom. The quantitative estimate of drug-likeness (QED) is 0.363. The summed E-state index contributed by atoms with van der Waals surface area (Å²) in [4.78, 5) is 11.3. The second-order valence-electron chi connectivity index (χ2n) is 4.70. The molecular weight excluding hydrogens is 319 g/mol. The van der Waals surface area contributed by atoms with Gasteiger partial charge in [-0.25, -0.2) is 0 Å². The number of hydrogen-bond donors (Lipinski definition) is 0. The van der Waals surface area contributed by atoms with Gasteiger partial charge in [-0.3, -0.25) is 9.36 Å². The van der Waals surface area contributed by atoms with Gasteiger partial charge in [-0.05, 0) is 20.3 Å². The fourth-order valence-electron chi connectivity index (χ4n) is 1.41. The highest BCUT2D eigenvalue weighted by atomic mass is 79.9. The van der Waals surface area contributed by atoms with Crippen LogP contribution in [0.15, 0.2) is 0 Å². The molecule has 0 aliphatic rings.